The van der Waals surface area contributed by atoms with Crippen LogP contribution in [-0.4, -0.2) is 38.3 Å². The van der Waals surface area contributed by atoms with Crippen LogP contribution in [0.2, 0.25) is 0 Å². The number of nitrogens with zero attached hydrogens (tertiary/aromatic N) is 1. The van der Waals surface area contributed by atoms with Gasteiger partial charge in [0.05, 0.1) is 14.2 Å². The molecule has 0 aliphatic rings. The van der Waals surface area contributed by atoms with Crippen molar-refractivity contribution >= 4 is 16.9 Å². The summed E-state index contributed by atoms with van der Waals surface area (Å²) in [6, 6.07) is 9.32. The third-order valence-corrected chi connectivity index (χ3v) is 3.57. The molecular formula is C17H21NO4. The zero-order chi connectivity index (χ0) is 16.1. The van der Waals surface area contributed by atoms with Crippen LogP contribution in [-0.2, 0) is 0 Å². The molecule has 5 heteroatoms. The molecule has 22 heavy (non-hydrogen) atoms. The summed E-state index contributed by atoms with van der Waals surface area (Å²) in [6.45, 7) is 5.00. The molecule has 0 atom stereocenters. The van der Waals surface area contributed by atoms with Crippen molar-refractivity contribution in [2.75, 3.05) is 27.3 Å². The van der Waals surface area contributed by atoms with Crippen molar-refractivity contribution in [3.63, 3.8) is 0 Å². The van der Waals surface area contributed by atoms with Crippen LogP contribution in [0, 0.1) is 0 Å². The lowest BCUT2D eigenvalue weighted by atomic mass is 10.1. The maximum Gasteiger partial charge on any atom is 0.415 e. The number of rotatable bonds is 5. The first-order valence-corrected chi connectivity index (χ1v) is 7.26. The SMILES string of the molecule is CCN(CC)C(=O)Oc1c(OC)cc(OC)c2ccccc12. The second-order valence-corrected chi connectivity index (χ2v) is 4.70. The summed E-state index contributed by atoms with van der Waals surface area (Å²) in [5.74, 6) is 1.56. The lowest BCUT2D eigenvalue weighted by molar-refractivity contribution is 0.156. The number of hydrogen-bond donors (Lipinski definition) is 0. The molecule has 0 unspecified atom stereocenters. The van der Waals surface area contributed by atoms with Gasteiger partial charge >= 0.3 is 6.09 Å². The number of hydrogen-bond acceptors (Lipinski definition) is 4. The quantitative estimate of drug-likeness (QED) is 0.845. The summed E-state index contributed by atoms with van der Waals surface area (Å²) in [4.78, 5) is 13.9. The van der Waals surface area contributed by atoms with Crippen LogP contribution in [0.1, 0.15) is 13.8 Å². The lowest BCUT2D eigenvalue weighted by Gasteiger charge is -2.20. The summed E-state index contributed by atoms with van der Waals surface area (Å²) in [5.41, 5.74) is 0. The zero-order valence-electron chi connectivity index (χ0n) is 13.4. The largest absolute Gasteiger partial charge is 0.496 e. The van der Waals surface area contributed by atoms with Gasteiger partial charge in [0, 0.05) is 29.9 Å². The van der Waals surface area contributed by atoms with Crippen molar-refractivity contribution in [1.29, 1.82) is 0 Å². The number of fused-ring (bicyclic) bond motifs is 1. The number of benzene rings is 2. The molecule has 0 aliphatic carbocycles. The Labute approximate surface area is 130 Å². The third-order valence-electron chi connectivity index (χ3n) is 3.57. The van der Waals surface area contributed by atoms with Gasteiger partial charge in [-0.05, 0) is 13.8 Å². The van der Waals surface area contributed by atoms with E-state index in [-0.39, 0.29) is 0 Å². The number of carbonyl (C=O) groups excluding carboxylic acids is 1. The van der Waals surface area contributed by atoms with Crippen LogP contribution in [0.15, 0.2) is 30.3 Å². The molecule has 118 valence electrons. The fraction of sp³-hybridized carbons (Fsp3) is 0.353. The molecule has 2 aromatic rings. The monoisotopic (exact) mass is 303 g/mol. The minimum atomic E-state index is -0.390. The van der Waals surface area contributed by atoms with E-state index in [1.807, 2.05) is 38.1 Å². The number of ether oxygens (including phenoxy) is 3. The van der Waals surface area contributed by atoms with Crippen molar-refractivity contribution in [3.05, 3.63) is 30.3 Å². The fourth-order valence-electron chi connectivity index (χ4n) is 2.35. The highest BCUT2D eigenvalue weighted by Crippen LogP contribution is 2.41. The average molecular weight is 303 g/mol. The van der Waals surface area contributed by atoms with Crippen LogP contribution in [0.5, 0.6) is 17.2 Å². The lowest BCUT2D eigenvalue weighted by Crippen LogP contribution is -2.33. The molecule has 1 amide bonds. The molecule has 0 aromatic heterocycles. The van der Waals surface area contributed by atoms with Gasteiger partial charge in [0.1, 0.15) is 5.75 Å². The Hall–Kier alpha value is -2.43. The fourth-order valence-corrected chi connectivity index (χ4v) is 2.35. The van der Waals surface area contributed by atoms with Crippen LogP contribution in [0.3, 0.4) is 0 Å². The van der Waals surface area contributed by atoms with E-state index in [9.17, 15) is 4.79 Å². The first kappa shape index (κ1) is 15.9. The highest BCUT2D eigenvalue weighted by molar-refractivity contribution is 5.97. The summed E-state index contributed by atoms with van der Waals surface area (Å²) in [7, 11) is 3.14. The second kappa shape index (κ2) is 7.02. The summed E-state index contributed by atoms with van der Waals surface area (Å²) >= 11 is 0. The Morgan fingerprint density at radius 1 is 1.00 bits per heavy atom. The van der Waals surface area contributed by atoms with E-state index in [1.165, 1.54) is 7.11 Å². The molecule has 2 rings (SSSR count). The molecule has 0 bridgehead atoms. The predicted molar refractivity (Wildman–Crippen MR) is 86.0 cm³/mol. The van der Waals surface area contributed by atoms with E-state index < -0.39 is 6.09 Å². The highest BCUT2D eigenvalue weighted by atomic mass is 16.6. The summed E-state index contributed by atoms with van der Waals surface area (Å²) < 4.78 is 16.4. The van der Waals surface area contributed by atoms with Gasteiger partial charge in [-0.1, -0.05) is 24.3 Å². The number of methoxy groups -OCH3 is 2. The van der Waals surface area contributed by atoms with Gasteiger partial charge in [-0.3, -0.25) is 0 Å². The third kappa shape index (κ3) is 2.93. The van der Waals surface area contributed by atoms with Gasteiger partial charge < -0.3 is 19.1 Å². The Balaban J connectivity index is 2.54. The molecule has 0 heterocycles. The Bertz CT molecular complexity index is 665. The minimum absolute atomic E-state index is 0.390. The second-order valence-electron chi connectivity index (χ2n) is 4.70. The van der Waals surface area contributed by atoms with Crippen LogP contribution in [0.4, 0.5) is 4.79 Å². The zero-order valence-corrected chi connectivity index (χ0v) is 13.4. The smallest absolute Gasteiger partial charge is 0.415 e. The van der Waals surface area contributed by atoms with Crippen LogP contribution >= 0.6 is 0 Å². The Morgan fingerprint density at radius 2 is 1.59 bits per heavy atom. The van der Waals surface area contributed by atoms with Crippen molar-refractivity contribution in [2.24, 2.45) is 0 Å². The van der Waals surface area contributed by atoms with E-state index in [4.69, 9.17) is 14.2 Å². The maximum atomic E-state index is 12.3. The number of amides is 1. The molecule has 0 saturated heterocycles. The van der Waals surface area contributed by atoms with E-state index in [0.717, 1.165) is 10.8 Å². The van der Waals surface area contributed by atoms with Gasteiger partial charge in [0.15, 0.2) is 11.5 Å². The average Bonchev–Trinajstić information content (AvgIpc) is 2.56. The Morgan fingerprint density at radius 3 is 2.14 bits per heavy atom. The molecule has 2 aromatic carbocycles. The minimum Gasteiger partial charge on any atom is -0.496 e. The first-order chi connectivity index (χ1) is 10.7. The molecule has 0 radical (unpaired) electrons. The van der Waals surface area contributed by atoms with E-state index in [0.29, 0.717) is 30.3 Å². The van der Waals surface area contributed by atoms with Gasteiger partial charge in [0.2, 0.25) is 0 Å². The summed E-state index contributed by atoms with van der Waals surface area (Å²) in [6.07, 6.45) is -0.390. The van der Waals surface area contributed by atoms with Gasteiger partial charge in [-0.25, -0.2) is 4.79 Å². The Kier molecular flexibility index (Phi) is 5.09. The topological polar surface area (TPSA) is 48.0 Å². The van der Waals surface area contributed by atoms with Crippen molar-refractivity contribution in [2.45, 2.75) is 13.8 Å². The predicted octanol–water partition coefficient (Wildman–Crippen LogP) is 3.70. The molecule has 5 nitrogen and oxygen atoms in total. The van der Waals surface area contributed by atoms with E-state index in [1.54, 1.807) is 18.1 Å². The molecule has 0 aliphatic heterocycles. The number of carbonyl (C=O) groups is 1. The normalized spacial score (nSPS) is 10.4. The highest BCUT2D eigenvalue weighted by Gasteiger charge is 2.19. The molecule has 0 N–H and O–H groups in total. The molecule has 0 saturated carbocycles. The summed E-state index contributed by atoms with van der Waals surface area (Å²) in [5, 5.41) is 1.65. The van der Waals surface area contributed by atoms with E-state index >= 15 is 0 Å². The van der Waals surface area contributed by atoms with Gasteiger partial charge in [-0.15, -0.1) is 0 Å². The first-order valence-electron chi connectivity index (χ1n) is 7.26. The van der Waals surface area contributed by atoms with Crippen LogP contribution in [0.25, 0.3) is 10.8 Å². The van der Waals surface area contributed by atoms with Gasteiger partial charge in [-0.2, -0.15) is 0 Å². The van der Waals surface area contributed by atoms with Gasteiger partial charge in [0.25, 0.3) is 0 Å². The maximum absolute atomic E-state index is 12.3. The van der Waals surface area contributed by atoms with Crippen LogP contribution < -0.4 is 14.2 Å². The molecule has 0 spiro atoms. The van der Waals surface area contributed by atoms with Crippen molar-refractivity contribution in [3.8, 4) is 17.2 Å². The van der Waals surface area contributed by atoms with Crippen molar-refractivity contribution in [1.82, 2.24) is 4.90 Å². The molecule has 0 fully saturated rings. The van der Waals surface area contributed by atoms with E-state index in [2.05, 4.69) is 0 Å². The molecular weight excluding hydrogens is 282 g/mol. The standard InChI is InChI=1S/C17H21NO4/c1-5-18(6-2)17(19)22-16-13-10-8-7-9-12(13)14(20-3)11-15(16)21-4/h7-11H,5-6H2,1-4H3. The van der Waals surface area contributed by atoms with Crippen molar-refractivity contribution < 1.29 is 19.0 Å².